The molecule has 0 amide bonds. The van der Waals surface area contributed by atoms with Gasteiger partial charge in [-0.25, -0.2) is 0 Å². The minimum Gasteiger partial charge on any atom is -0.308 e. The molecule has 0 bridgehead atoms. The molecule has 1 aromatic rings. The monoisotopic (exact) mass is 205 g/mol. The molecule has 84 valence electrons. The fourth-order valence-corrected chi connectivity index (χ4v) is 1.60. The zero-order valence-corrected chi connectivity index (χ0v) is 10.6. The number of hydrogen-bond donors (Lipinski definition) is 1. The summed E-state index contributed by atoms with van der Waals surface area (Å²) in [6.45, 7) is 12.1. The van der Waals surface area contributed by atoms with Crippen LogP contribution in [0.15, 0.2) is 24.3 Å². The van der Waals surface area contributed by atoms with Gasteiger partial charge in [0.2, 0.25) is 0 Å². The van der Waals surface area contributed by atoms with Crippen LogP contribution >= 0.6 is 0 Å². The predicted octanol–water partition coefficient (Wildman–Crippen LogP) is 3.48. The van der Waals surface area contributed by atoms with Crippen molar-refractivity contribution < 1.29 is 0 Å². The zero-order valence-electron chi connectivity index (χ0n) is 10.6. The summed E-state index contributed by atoms with van der Waals surface area (Å²) in [7, 11) is 0. The molecule has 0 aromatic heterocycles. The molecule has 1 heteroatoms. The van der Waals surface area contributed by atoms with E-state index in [2.05, 4.69) is 64.2 Å². The first-order valence-corrected chi connectivity index (χ1v) is 5.74. The van der Waals surface area contributed by atoms with E-state index in [0.717, 1.165) is 6.54 Å². The van der Waals surface area contributed by atoms with Gasteiger partial charge in [0.05, 0.1) is 0 Å². The van der Waals surface area contributed by atoms with Crippen LogP contribution < -0.4 is 5.32 Å². The Morgan fingerprint density at radius 3 is 2.47 bits per heavy atom. The lowest BCUT2D eigenvalue weighted by Gasteiger charge is -2.28. The van der Waals surface area contributed by atoms with Gasteiger partial charge in [0.1, 0.15) is 0 Å². The summed E-state index contributed by atoms with van der Waals surface area (Å²) in [6, 6.07) is 8.72. The molecule has 0 unspecified atom stereocenters. The van der Waals surface area contributed by atoms with E-state index in [1.807, 2.05) is 0 Å². The average molecular weight is 205 g/mol. The lowest BCUT2D eigenvalue weighted by Crippen LogP contribution is -2.38. The van der Waals surface area contributed by atoms with E-state index in [4.69, 9.17) is 0 Å². The van der Waals surface area contributed by atoms with Crippen LogP contribution in [0, 0.1) is 12.8 Å². The molecule has 0 aliphatic carbocycles. The molecule has 0 radical (unpaired) electrons. The predicted molar refractivity (Wildman–Crippen MR) is 67.0 cm³/mol. The molecule has 0 heterocycles. The van der Waals surface area contributed by atoms with E-state index < -0.39 is 0 Å². The van der Waals surface area contributed by atoms with Crippen LogP contribution in [0.3, 0.4) is 0 Å². The summed E-state index contributed by atoms with van der Waals surface area (Å²) < 4.78 is 0. The molecule has 1 rings (SSSR count). The van der Waals surface area contributed by atoms with Crippen molar-refractivity contribution in [3.63, 3.8) is 0 Å². The SMILES string of the molecule is Cc1cccc(C(C)(C)NCC(C)C)c1. The zero-order chi connectivity index (χ0) is 11.5. The summed E-state index contributed by atoms with van der Waals surface area (Å²) >= 11 is 0. The van der Waals surface area contributed by atoms with Gasteiger partial charge in [-0.15, -0.1) is 0 Å². The van der Waals surface area contributed by atoms with Crippen molar-refractivity contribution in [3.8, 4) is 0 Å². The Kier molecular flexibility index (Phi) is 3.92. The van der Waals surface area contributed by atoms with Crippen molar-refractivity contribution in [2.75, 3.05) is 6.54 Å². The van der Waals surface area contributed by atoms with Gasteiger partial charge in [-0.3, -0.25) is 0 Å². The average Bonchev–Trinajstić information content (AvgIpc) is 2.15. The van der Waals surface area contributed by atoms with Crippen LogP contribution in [-0.2, 0) is 5.54 Å². The molecule has 1 aromatic carbocycles. The Morgan fingerprint density at radius 1 is 1.27 bits per heavy atom. The van der Waals surface area contributed by atoms with Crippen molar-refractivity contribution in [1.29, 1.82) is 0 Å². The van der Waals surface area contributed by atoms with E-state index in [9.17, 15) is 0 Å². The van der Waals surface area contributed by atoms with Gasteiger partial charge in [0.25, 0.3) is 0 Å². The standard InChI is InChI=1S/C14H23N/c1-11(2)10-15-14(4,5)13-8-6-7-12(3)9-13/h6-9,11,15H,10H2,1-5H3. The van der Waals surface area contributed by atoms with Crippen LogP contribution in [-0.4, -0.2) is 6.54 Å². The first-order valence-electron chi connectivity index (χ1n) is 5.74. The van der Waals surface area contributed by atoms with Crippen LogP contribution in [0.25, 0.3) is 0 Å². The lowest BCUT2D eigenvalue weighted by molar-refractivity contribution is 0.374. The fourth-order valence-electron chi connectivity index (χ4n) is 1.60. The molecular weight excluding hydrogens is 182 g/mol. The van der Waals surface area contributed by atoms with Gasteiger partial charge < -0.3 is 5.32 Å². The Morgan fingerprint density at radius 2 is 1.93 bits per heavy atom. The Labute approximate surface area is 93.9 Å². The largest absolute Gasteiger partial charge is 0.308 e. The van der Waals surface area contributed by atoms with Gasteiger partial charge in [-0.2, -0.15) is 0 Å². The highest BCUT2D eigenvalue weighted by atomic mass is 15.0. The van der Waals surface area contributed by atoms with E-state index in [1.165, 1.54) is 11.1 Å². The molecule has 0 aliphatic heterocycles. The van der Waals surface area contributed by atoms with Crippen LogP contribution in [0.5, 0.6) is 0 Å². The highest BCUT2D eigenvalue weighted by Gasteiger charge is 2.19. The molecule has 0 spiro atoms. The summed E-state index contributed by atoms with van der Waals surface area (Å²) in [5.41, 5.74) is 2.76. The minimum atomic E-state index is 0.0658. The molecular formula is C14H23N. The molecule has 0 fully saturated rings. The normalized spacial score (nSPS) is 12.1. The first-order chi connectivity index (χ1) is 6.92. The van der Waals surface area contributed by atoms with Gasteiger partial charge in [-0.1, -0.05) is 43.7 Å². The van der Waals surface area contributed by atoms with Gasteiger partial charge >= 0.3 is 0 Å². The van der Waals surface area contributed by atoms with Crippen molar-refractivity contribution in [3.05, 3.63) is 35.4 Å². The number of rotatable bonds is 4. The van der Waals surface area contributed by atoms with Crippen molar-refractivity contribution in [1.82, 2.24) is 5.32 Å². The highest BCUT2D eigenvalue weighted by molar-refractivity contribution is 5.27. The lowest BCUT2D eigenvalue weighted by atomic mass is 9.92. The first kappa shape index (κ1) is 12.3. The summed E-state index contributed by atoms with van der Waals surface area (Å²) in [5, 5.41) is 3.60. The smallest absolute Gasteiger partial charge is 0.0377 e. The maximum absolute atomic E-state index is 3.60. The summed E-state index contributed by atoms with van der Waals surface area (Å²) in [5.74, 6) is 0.689. The molecule has 0 atom stereocenters. The molecule has 0 aliphatic rings. The molecule has 0 saturated carbocycles. The summed E-state index contributed by atoms with van der Waals surface area (Å²) in [6.07, 6.45) is 0. The third kappa shape index (κ3) is 3.67. The molecule has 0 saturated heterocycles. The van der Waals surface area contributed by atoms with Gasteiger partial charge in [0, 0.05) is 5.54 Å². The third-order valence-electron chi connectivity index (χ3n) is 2.69. The number of nitrogens with one attached hydrogen (secondary N) is 1. The highest BCUT2D eigenvalue weighted by Crippen LogP contribution is 2.20. The maximum Gasteiger partial charge on any atom is 0.0377 e. The topological polar surface area (TPSA) is 12.0 Å². The third-order valence-corrected chi connectivity index (χ3v) is 2.69. The fraction of sp³-hybridized carbons (Fsp3) is 0.571. The second-order valence-electron chi connectivity index (χ2n) is 5.27. The maximum atomic E-state index is 3.60. The second kappa shape index (κ2) is 4.80. The van der Waals surface area contributed by atoms with Crippen LogP contribution in [0.4, 0.5) is 0 Å². The number of hydrogen-bond acceptors (Lipinski definition) is 1. The van der Waals surface area contributed by atoms with Gasteiger partial charge in [-0.05, 0) is 38.8 Å². The quantitative estimate of drug-likeness (QED) is 0.793. The van der Waals surface area contributed by atoms with E-state index in [-0.39, 0.29) is 5.54 Å². The Balaban J connectivity index is 2.76. The molecule has 1 nitrogen and oxygen atoms in total. The van der Waals surface area contributed by atoms with E-state index >= 15 is 0 Å². The van der Waals surface area contributed by atoms with Gasteiger partial charge in [0.15, 0.2) is 0 Å². The van der Waals surface area contributed by atoms with E-state index in [0.29, 0.717) is 5.92 Å². The number of benzene rings is 1. The molecule has 1 N–H and O–H groups in total. The number of aryl methyl sites for hydroxylation is 1. The van der Waals surface area contributed by atoms with Crippen LogP contribution in [0.2, 0.25) is 0 Å². The Hall–Kier alpha value is -0.820. The summed E-state index contributed by atoms with van der Waals surface area (Å²) in [4.78, 5) is 0. The van der Waals surface area contributed by atoms with E-state index in [1.54, 1.807) is 0 Å². The Bertz CT molecular complexity index is 313. The van der Waals surface area contributed by atoms with Crippen LogP contribution in [0.1, 0.15) is 38.8 Å². The molecule has 15 heavy (non-hydrogen) atoms. The van der Waals surface area contributed by atoms with Crippen molar-refractivity contribution in [2.24, 2.45) is 5.92 Å². The second-order valence-corrected chi connectivity index (χ2v) is 5.27. The van der Waals surface area contributed by atoms with Crippen molar-refractivity contribution >= 4 is 0 Å². The minimum absolute atomic E-state index is 0.0658. The van der Waals surface area contributed by atoms with Crippen molar-refractivity contribution in [2.45, 2.75) is 40.2 Å².